The van der Waals surface area contributed by atoms with Crippen molar-refractivity contribution in [2.75, 3.05) is 13.2 Å². The number of H-pyrrole nitrogens is 1. The molecule has 1 unspecified atom stereocenters. The molecule has 1 aliphatic heterocycles. The maximum Gasteiger partial charge on any atom is 0.195 e. The van der Waals surface area contributed by atoms with Crippen LogP contribution in [0.3, 0.4) is 0 Å². The molecule has 0 radical (unpaired) electrons. The van der Waals surface area contributed by atoms with Crippen molar-refractivity contribution in [2.45, 2.75) is 45.1 Å². The van der Waals surface area contributed by atoms with Gasteiger partial charge in [-0.2, -0.15) is 10.4 Å². The Hall–Kier alpha value is -3.69. The molecule has 2 aliphatic rings. The fourth-order valence-corrected chi connectivity index (χ4v) is 5.56. The number of nitrogens with one attached hydrogen (secondary N) is 1. The summed E-state index contributed by atoms with van der Waals surface area (Å²) in [5.74, 6) is 0.0420. The van der Waals surface area contributed by atoms with Gasteiger partial charge in [0.2, 0.25) is 0 Å². The molecule has 6 heteroatoms. The number of rotatable bonds is 3. The minimum Gasteiger partial charge on any atom is -0.379 e. The fraction of sp³-hybridized carbons (Fsp3) is 0.321. The van der Waals surface area contributed by atoms with Gasteiger partial charge in [-0.3, -0.25) is 9.48 Å². The van der Waals surface area contributed by atoms with E-state index in [9.17, 15) is 10.1 Å². The van der Waals surface area contributed by atoms with Crippen LogP contribution in [0.15, 0.2) is 42.7 Å². The first-order valence-electron chi connectivity index (χ1n) is 11.8. The summed E-state index contributed by atoms with van der Waals surface area (Å²) in [6.45, 7) is 7.92. The molecule has 0 amide bonds. The van der Waals surface area contributed by atoms with E-state index in [1.54, 1.807) is 6.07 Å². The number of carbonyl (C=O) groups is 1. The largest absolute Gasteiger partial charge is 0.379 e. The number of ketones is 1. The Kier molecular flexibility index (Phi) is 4.55. The van der Waals surface area contributed by atoms with Crippen LogP contribution in [0.4, 0.5) is 0 Å². The molecule has 34 heavy (non-hydrogen) atoms. The SMILES string of the molecule is CCc1cc2c(cc1-c1cnn(C3CCOC3)c1)C(C)(C)c1[nH]c3cc(C#N)ccc3c1C2=O. The topological polar surface area (TPSA) is 83.7 Å². The normalized spacial score (nSPS) is 18.6. The van der Waals surface area contributed by atoms with Gasteiger partial charge in [-0.25, -0.2) is 0 Å². The Bertz CT molecular complexity index is 1510. The summed E-state index contributed by atoms with van der Waals surface area (Å²) in [5.41, 5.74) is 7.74. The van der Waals surface area contributed by atoms with Gasteiger partial charge in [0.1, 0.15) is 0 Å². The molecule has 0 spiro atoms. The summed E-state index contributed by atoms with van der Waals surface area (Å²) in [4.78, 5) is 17.3. The Morgan fingerprint density at radius 1 is 1.26 bits per heavy atom. The van der Waals surface area contributed by atoms with Crippen molar-refractivity contribution >= 4 is 16.7 Å². The fourth-order valence-electron chi connectivity index (χ4n) is 5.56. The van der Waals surface area contributed by atoms with Crippen molar-refractivity contribution < 1.29 is 9.53 Å². The van der Waals surface area contributed by atoms with E-state index in [0.717, 1.165) is 69.4 Å². The third-order valence-corrected chi connectivity index (χ3v) is 7.51. The zero-order valence-corrected chi connectivity index (χ0v) is 19.6. The highest BCUT2D eigenvalue weighted by atomic mass is 16.5. The summed E-state index contributed by atoms with van der Waals surface area (Å²) in [7, 11) is 0. The van der Waals surface area contributed by atoms with E-state index in [2.05, 4.69) is 55.3 Å². The summed E-state index contributed by atoms with van der Waals surface area (Å²) < 4.78 is 7.55. The lowest BCUT2D eigenvalue weighted by molar-refractivity contribution is 0.103. The number of aryl methyl sites for hydroxylation is 1. The molecule has 0 bridgehead atoms. The summed E-state index contributed by atoms with van der Waals surface area (Å²) >= 11 is 0. The number of fused-ring (bicyclic) bond motifs is 4. The highest BCUT2D eigenvalue weighted by Crippen LogP contribution is 2.45. The smallest absolute Gasteiger partial charge is 0.195 e. The Morgan fingerprint density at radius 3 is 2.85 bits per heavy atom. The average molecular weight is 451 g/mol. The van der Waals surface area contributed by atoms with Gasteiger partial charge in [0.05, 0.1) is 36.0 Å². The van der Waals surface area contributed by atoms with Crippen LogP contribution in [0.25, 0.3) is 22.0 Å². The maximum atomic E-state index is 13.8. The van der Waals surface area contributed by atoms with Crippen LogP contribution >= 0.6 is 0 Å². The standard InChI is InChI=1S/C28H26N4O2/c1-4-17-10-22-23(11-21(17)18-13-30-32(14-18)19-7-8-34-15-19)28(2,3)27-25(26(22)33)20-6-5-16(12-29)9-24(20)31-27/h5-6,9-11,13-14,19,31H,4,7-8,15H2,1-3H3. The molecule has 2 aromatic heterocycles. The van der Waals surface area contributed by atoms with Gasteiger partial charge in [0, 0.05) is 45.9 Å². The lowest BCUT2D eigenvalue weighted by Gasteiger charge is -2.33. The predicted octanol–water partition coefficient (Wildman–Crippen LogP) is 5.30. The van der Waals surface area contributed by atoms with Gasteiger partial charge in [-0.15, -0.1) is 0 Å². The predicted molar refractivity (Wildman–Crippen MR) is 130 cm³/mol. The maximum absolute atomic E-state index is 13.8. The number of benzene rings is 2. The van der Waals surface area contributed by atoms with Crippen molar-refractivity contribution in [3.8, 4) is 17.2 Å². The van der Waals surface area contributed by atoms with E-state index in [1.807, 2.05) is 23.0 Å². The molecule has 1 fully saturated rings. The van der Waals surface area contributed by atoms with Crippen molar-refractivity contribution in [1.29, 1.82) is 5.26 Å². The van der Waals surface area contributed by atoms with Crippen LogP contribution < -0.4 is 0 Å². The molecule has 170 valence electrons. The van der Waals surface area contributed by atoms with Gasteiger partial charge < -0.3 is 9.72 Å². The van der Waals surface area contributed by atoms with Crippen molar-refractivity contribution in [3.63, 3.8) is 0 Å². The molecule has 1 aliphatic carbocycles. The number of aromatic amines is 1. The van der Waals surface area contributed by atoms with E-state index in [4.69, 9.17) is 4.74 Å². The number of nitriles is 1. The quantitative estimate of drug-likeness (QED) is 0.459. The second kappa shape index (κ2) is 7.41. The summed E-state index contributed by atoms with van der Waals surface area (Å²) in [6, 6.07) is 12.2. The molecular weight excluding hydrogens is 424 g/mol. The van der Waals surface area contributed by atoms with Gasteiger partial charge in [0.25, 0.3) is 0 Å². The monoisotopic (exact) mass is 450 g/mol. The lowest BCUT2D eigenvalue weighted by Crippen LogP contribution is -2.30. The highest BCUT2D eigenvalue weighted by Gasteiger charge is 2.40. The molecule has 4 aromatic rings. The molecular formula is C28H26N4O2. The van der Waals surface area contributed by atoms with Crippen LogP contribution in [0.2, 0.25) is 0 Å². The molecule has 0 saturated carbocycles. The number of hydrogen-bond donors (Lipinski definition) is 1. The summed E-state index contributed by atoms with van der Waals surface area (Å²) in [6.07, 6.45) is 5.83. The molecule has 1 saturated heterocycles. The molecule has 6 nitrogen and oxygen atoms in total. The van der Waals surface area contributed by atoms with Gasteiger partial charge in [0.15, 0.2) is 5.78 Å². The Morgan fingerprint density at radius 2 is 2.12 bits per heavy atom. The number of carbonyl (C=O) groups excluding carboxylic acids is 1. The third-order valence-electron chi connectivity index (χ3n) is 7.51. The molecule has 2 aromatic carbocycles. The minimum atomic E-state index is -0.402. The molecule has 1 atom stereocenters. The van der Waals surface area contributed by atoms with Crippen molar-refractivity contribution in [3.05, 3.63) is 76.2 Å². The molecule has 3 heterocycles. The van der Waals surface area contributed by atoms with Crippen LogP contribution in [0.5, 0.6) is 0 Å². The van der Waals surface area contributed by atoms with Crippen molar-refractivity contribution in [2.24, 2.45) is 0 Å². The number of hydrogen-bond acceptors (Lipinski definition) is 4. The first-order chi connectivity index (χ1) is 16.4. The van der Waals surface area contributed by atoms with Crippen LogP contribution in [-0.2, 0) is 16.6 Å². The van der Waals surface area contributed by atoms with Gasteiger partial charge >= 0.3 is 0 Å². The average Bonchev–Trinajstić information content (AvgIpc) is 3.60. The van der Waals surface area contributed by atoms with E-state index >= 15 is 0 Å². The van der Waals surface area contributed by atoms with Crippen LogP contribution in [-0.4, -0.2) is 33.8 Å². The van der Waals surface area contributed by atoms with Gasteiger partial charge in [-0.05, 0) is 53.8 Å². The lowest BCUT2D eigenvalue weighted by atomic mass is 9.70. The van der Waals surface area contributed by atoms with E-state index in [0.29, 0.717) is 12.2 Å². The van der Waals surface area contributed by atoms with Gasteiger partial charge in [-0.1, -0.05) is 26.8 Å². The second-order valence-corrected chi connectivity index (χ2v) is 9.84. The number of ether oxygens (including phenoxy) is 1. The number of aromatic nitrogens is 3. The Labute approximate surface area is 198 Å². The minimum absolute atomic E-state index is 0.0420. The summed E-state index contributed by atoms with van der Waals surface area (Å²) in [5, 5.41) is 14.8. The zero-order valence-electron chi connectivity index (χ0n) is 19.6. The van der Waals surface area contributed by atoms with E-state index in [1.165, 1.54) is 0 Å². The Balaban J connectivity index is 1.52. The molecule has 1 N–H and O–H groups in total. The van der Waals surface area contributed by atoms with Crippen LogP contribution in [0, 0.1) is 11.3 Å². The highest BCUT2D eigenvalue weighted by molar-refractivity contribution is 6.20. The second-order valence-electron chi connectivity index (χ2n) is 9.84. The van der Waals surface area contributed by atoms with E-state index < -0.39 is 5.41 Å². The van der Waals surface area contributed by atoms with Crippen LogP contribution in [0.1, 0.15) is 71.5 Å². The number of nitrogens with zero attached hydrogens (tertiary/aromatic N) is 3. The molecule has 6 rings (SSSR count). The van der Waals surface area contributed by atoms with Crippen molar-refractivity contribution in [1.82, 2.24) is 14.8 Å². The first kappa shape index (κ1) is 20.9. The van der Waals surface area contributed by atoms with E-state index in [-0.39, 0.29) is 11.8 Å². The third kappa shape index (κ3) is 2.90. The first-order valence-corrected chi connectivity index (χ1v) is 11.8. The zero-order chi connectivity index (χ0) is 23.6.